The first-order valence-corrected chi connectivity index (χ1v) is 12.3. The molecule has 27 heavy (non-hydrogen) atoms. The zero-order chi connectivity index (χ0) is 19.3. The molecule has 1 atom stereocenters. The van der Waals surface area contributed by atoms with Gasteiger partial charge in [0.05, 0.1) is 5.37 Å². The molecule has 2 heterocycles. The van der Waals surface area contributed by atoms with Gasteiger partial charge < -0.3 is 4.90 Å². The summed E-state index contributed by atoms with van der Waals surface area (Å²) in [6.07, 6.45) is 12.4. The number of likely N-dealkylation sites (tertiary alicyclic amines) is 2. The summed E-state index contributed by atoms with van der Waals surface area (Å²) in [4.78, 5) is 5.46. The van der Waals surface area contributed by atoms with Crippen LogP contribution in [0.2, 0.25) is 0 Å². The normalized spacial score (nSPS) is 27.4. The molecule has 2 saturated heterocycles. The first kappa shape index (κ1) is 21.4. The van der Waals surface area contributed by atoms with Crippen LogP contribution in [0.3, 0.4) is 0 Å². The van der Waals surface area contributed by atoms with E-state index in [1.165, 1.54) is 84.0 Å². The van der Waals surface area contributed by atoms with Gasteiger partial charge in [-0.15, -0.1) is 11.8 Å². The molecule has 0 amide bonds. The van der Waals surface area contributed by atoms with Gasteiger partial charge in [-0.05, 0) is 75.8 Å². The zero-order valence-corrected chi connectivity index (χ0v) is 18.9. The van der Waals surface area contributed by atoms with Crippen molar-refractivity contribution in [3.63, 3.8) is 0 Å². The van der Waals surface area contributed by atoms with Crippen LogP contribution in [-0.4, -0.2) is 72.0 Å². The second-order valence-corrected chi connectivity index (χ2v) is 10.9. The van der Waals surface area contributed by atoms with Crippen LogP contribution < -0.4 is 0 Å². The maximum Gasteiger partial charge on any atom is 0.0959 e. The number of thioether (sulfide) groups is 1. The third-order valence-corrected chi connectivity index (χ3v) is 8.82. The van der Waals surface area contributed by atoms with E-state index < -0.39 is 0 Å². The van der Waals surface area contributed by atoms with Crippen LogP contribution in [-0.2, 0) is 0 Å². The Morgan fingerprint density at radius 3 is 2.26 bits per heavy atom. The van der Waals surface area contributed by atoms with Gasteiger partial charge >= 0.3 is 0 Å². The summed E-state index contributed by atoms with van der Waals surface area (Å²) in [6, 6.07) is 0.848. The van der Waals surface area contributed by atoms with Gasteiger partial charge in [-0.25, -0.2) is 0 Å². The minimum atomic E-state index is 0.485. The molecule has 5 heteroatoms. The molecule has 4 nitrogen and oxygen atoms in total. The van der Waals surface area contributed by atoms with E-state index in [2.05, 4.69) is 59.3 Å². The van der Waals surface area contributed by atoms with E-state index in [4.69, 9.17) is 0 Å². The molecule has 0 aromatic heterocycles. The Kier molecular flexibility index (Phi) is 7.92. The number of piperidine rings is 2. The Morgan fingerprint density at radius 1 is 1.04 bits per heavy atom. The highest BCUT2D eigenvalue weighted by Gasteiger charge is 2.34. The molecule has 1 unspecified atom stereocenters. The van der Waals surface area contributed by atoms with Gasteiger partial charge in [0.25, 0.3) is 0 Å². The number of hydrazone groups is 1. The van der Waals surface area contributed by atoms with Crippen LogP contribution in [0.5, 0.6) is 0 Å². The van der Waals surface area contributed by atoms with Gasteiger partial charge in [-0.3, -0.25) is 9.91 Å². The van der Waals surface area contributed by atoms with Gasteiger partial charge in [0.15, 0.2) is 0 Å². The van der Waals surface area contributed by atoms with Crippen molar-refractivity contribution in [1.29, 1.82) is 0 Å². The number of hydrogen-bond donors (Lipinski definition) is 0. The molecular formula is C22H42N4S. The van der Waals surface area contributed by atoms with E-state index in [1.807, 2.05) is 0 Å². The highest BCUT2D eigenvalue weighted by atomic mass is 32.2. The lowest BCUT2D eigenvalue weighted by atomic mass is 9.73. The van der Waals surface area contributed by atoms with Crippen molar-refractivity contribution in [3.8, 4) is 0 Å². The summed E-state index contributed by atoms with van der Waals surface area (Å²) in [5.74, 6) is 1.90. The van der Waals surface area contributed by atoms with Crippen molar-refractivity contribution in [2.24, 2.45) is 16.4 Å². The van der Waals surface area contributed by atoms with Crippen molar-refractivity contribution in [2.45, 2.75) is 83.1 Å². The summed E-state index contributed by atoms with van der Waals surface area (Å²) in [6.45, 7) is 13.9. The summed E-state index contributed by atoms with van der Waals surface area (Å²) in [7, 11) is 2.12. The van der Waals surface area contributed by atoms with E-state index in [-0.39, 0.29) is 0 Å². The van der Waals surface area contributed by atoms with Crippen LogP contribution >= 0.6 is 11.8 Å². The Morgan fingerprint density at radius 2 is 1.67 bits per heavy atom. The van der Waals surface area contributed by atoms with E-state index in [1.54, 1.807) is 0 Å². The smallest absolute Gasteiger partial charge is 0.0959 e. The second-order valence-electron chi connectivity index (χ2n) is 9.85. The van der Waals surface area contributed by atoms with Gasteiger partial charge in [0, 0.05) is 38.8 Å². The van der Waals surface area contributed by atoms with Crippen molar-refractivity contribution in [3.05, 3.63) is 0 Å². The number of hydrogen-bond acceptors (Lipinski definition) is 5. The quantitative estimate of drug-likeness (QED) is 0.354. The van der Waals surface area contributed by atoms with Crippen LogP contribution in [0.4, 0.5) is 0 Å². The molecule has 3 fully saturated rings. The monoisotopic (exact) mass is 394 g/mol. The zero-order valence-electron chi connectivity index (χ0n) is 18.0. The minimum Gasteiger partial charge on any atom is -0.300 e. The lowest BCUT2D eigenvalue weighted by Gasteiger charge is -2.42. The summed E-state index contributed by atoms with van der Waals surface area (Å²) < 4.78 is 0. The average Bonchev–Trinajstić information content (AvgIpc) is 2.70. The lowest BCUT2D eigenvalue weighted by Crippen LogP contribution is -2.47. The molecule has 0 spiro atoms. The fourth-order valence-corrected chi connectivity index (χ4v) is 6.66. The molecule has 1 aliphatic carbocycles. The van der Waals surface area contributed by atoms with Gasteiger partial charge in [0.1, 0.15) is 0 Å². The topological polar surface area (TPSA) is 22.1 Å². The fraction of sp³-hybridized carbons (Fsp3) is 0.955. The van der Waals surface area contributed by atoms with E-state index in [0.29, 0.717) is 10.8 Å². The Bertz CT molecular complexity index is 445. The third kappa shape index (κ3) is 6.11. The molecule has 0 aromatic rings. The first-order chi connectivity index (χ1) is 13.0. The summed E-state index contributed by atoms with van der Waals surface area (Å²) in [5, 5.41) is 6.89. The molecule has 3 aliphatic rings. The van der Waals surface area contributed by atoms with Gasteiger partial charge in [-0.2, -0.15) is 5.10 Å². The number of nitrogens with zero attached hydrogens (tertiary/aromatic N) is 4. The first-order valence-electron chi connectivity index (χ1n) is 11.3. The lowest BCUT2D eigenvalue weighted by molar-refractivity contribution is 0.0999. The highest BCUT2D eigenvalue weighted by molar-refractivity contribution is 7.99. The largest absolute Gasteiger partial charge is 0.300 e. The van der Waals surface area contributed by atoms with Crippen molar-refractivity contribution >= 4 is 18.5 Å². The second kappa shape index (κ2) is 9.98. The Balaban J connectivity index is 1.44. The van der Waals surface area contributed by atoms with Crippen LogP contribution in [0, 0.1) is 11.3 Å². The number of rotatable bonds is 7. The SMILES string of the molecule is C=NN(C)C(SCN1CCC(N2CCCCC2)CC1)C1CCC(C)(C)CC1. The van der Waals surface area contributed by atoms with Crippen molar-refractivity contribution in [2.75, 3.05) is 39.1 Å². The van der Waals surface area contributed by atoms with Crippen molar-refractivity contribution in [1.82, 2.24) is 14.8 Å². The molecule has 0 aromatic carbocycles. The predicted octanol–water partition coefficient (Wildman–Crippen LogP) is 4.72. The maximum atomic E-state index is 4.27. The molecule has 0 N–H and O–H groups in total. The maximum absolute atomic E-state index is 4.27. The standard InChI is InChI=1S/C22H42N4S/c1-22(2)12-8-19(9-13-22)21(24(4)23-3)27-18-25-16-10-20(11-17-25)26-14-6-5-7-15-26/h19-21H,3,5-18H2,1-2,4H3. The van der Waals surface area contributed by atoms with E-state index in [0.717, 1.165) is 17.8 Å². The predicted molar refractivity (Wildman–Crippen MR) is 119 cm³/mol. The molecule has 3 rings (SSSR count). The molecule has 0 radical (unpaired) electrons. The van der Waals surface area contributed by atoms with Gasteiger partial charge in [0.2, 0.25) is 0 Å². The third-order valence-electron chi connectivity index (χ3n) is 7.27. The minimum absolute atomic E-state index is 0.485. The molecule has 1 saturated carbocycles. The van der Waals surface area contributed by atoms with Crippen LogP contribution in [0.25, 0.3) is 0 Å². The van der Waals surface area contributed by atoms with E-state index in [9.17, 15) is 0 Å². The molecule has 0 bridgehead atoms. The Labute approximate surface area is 172 Å². The molecule has 156 valence electrons. The van der Waals surface area contributed by atoms with Gasteiger partial charge in [-0.1, -0.05) is 20.3 Å². The average molecular weight is 395 g/mol. The fourth-order valence-electron chi connectivity index (χ4n) is 5.22. The molecule has 2 aliphatic heterocycles. The van der Waals surface area contributed by atoms with Crippen LogP contribution in [0.15, 0.2) is 5.10 Å². The highest BCUT2D eigenvalue weighted by Crippen LogP contribution is 2.42. The van der Waals surface area contributed by atoms with Crippen LogP contribution in [0.1, 0.15) is 71.6 Å². The molecular weight excluding hydrogens is 352 g/mol. The summed E-state index contributed by atoms with van der Waals surface area (Å²) >= 11 is 2.11. The van der Waals surface area contributed by atoms with E-state index >= 15 is 0 Å². The van der Waals surface area contributed by atoms with Crippen molar-refractivity contribution < 1.29 is 0 Å². The Hall–Kier alpha value is -0.260. The summed E-state index contributed by atoms with van der Waals surface area (Å²) in [5.41, 5.74) is 0.530.